The van der Waals surface area contributed by atoms with Crippen LogP contribution in [0.1, 0.15) is 22.3 Å². The minimum atomic E-state index is -1.16. The topological polar surface area (TPSA) is 17.1 Å². The van der Waals surface area contributed by atoms with Crippen LogP contribution in [0, 0.1) is 13.8 Å². The summed E-state index contributed by atoms with van der Waals surface area (Å²) in [6, 6.07) is 33.2. The number of benzene rings is 4. The predicted molar refractivity (Wildman–Crippen MR) is 139 cm³/mol. The highest BCUT2D eigenvalue weighted by atomic mass is 32.2. The van der Waals surface area contributed by atoms with Crippen molar-refractivity contribution in [1.82, 2.24) is 0 Å². The first kappa shape index (κ1) is 22.9. The van der Waals surface area contributed by atoms with Gasteiger partial charge in [-0.25, -0.2) is 4.21 Å². The maximum absolute atomic E-state index is 13.0. The summed E-state index contributed by atoms with van der Waals surface area (Å²) in [4.78, 5) is 4.30. The first-order valence-corrected chi connectivity index (χ1v) is 13.7. The molecule has 0 saturated heterocycles. The Hall–Kier alpha value is -2.27. The summed E-state index contributed by atoms with van der Waals surface area (Å²) in [5, 5.41) is 0. The summed E-state index contributed by atoms with van der Waals surface area (Å²) < 4.78 is 13.0. The molecule has 1 nitrogen and oxygen atoms in total. The van der Waals surface area contributed by atoms with E-state index in [-0.39, 0.29) is 0 Å². The Balaban J connectivity index is 1.35. The molecular formula is C28H26OS3. The fourth-order valence-electron chi connectivity index (χ4n) is 3.31. The predicted octanol–water partition coefficient (Wildman–Crippen LogP) is 8.05. The lowest BCUT2D eigenvalue weighted by Crippen LogP contribution is -1.94. The van der Waals surface area contributed by atoms with E-state index in [0.717, 1.165) is 21.3 Å². The van der Waals surface area contributed by atoms with Crippen LogP contribution in [0.4, 0.5) is 0 Å². The Morgan fingerprint density at radius 3 is 1.31 bits per heavy atom. The Bertz CT molecular complexity index is 1100. The van der Waals surface area contributed by atoms with Crippen molar-refractivity contribution in [1.29, 1.82) is 0 Å². The summed E-state index contributed by atoms with van der Waals surface area (Å²) in [7, 11) is -1.16. The maximum Gasteiger partial charge on any atom is 0.0849 e. The van der Waals surface area contributed by atoms with Crippen LogP contribution in [-0.4, -0.2) is 4.21 Å². The summed E-state index contributed by atoms with van der Waals surface area (Å²) in [5.74, 6) is 1.82. The molecule has 4 aromatic carbocycles. The molecule has 0 amide bonds. The molecular weight excluding hydrogens is 449 g/mol. The van der Waals surface area contributed by atoms with E-state index in [0.29, 0.717) is 0 Å². The van der Waals surface area contributed by atoms with Gasteiger partial charge >= 0.3 is 0 Å². The zero-order chi connectivity index (χ0) is 22.3. The number of hydrogen-bond donors (Lipinski definition) is 0. The third-order valence-corrected chi connectivity index (χ3v) is 9.14. The maximum atomic E-state index is 13.0. The van der Waals surface area contributed by atoms with E-state index in [1.165, 1.54) is 32.0 Å². The first-order chi connectivity index (χ1) is 15.6. The molecule has 0 bridgehead atoms. The van der Waals surface area contributed by atoms with Gasteiger partial charge in [-0.1, -0.05) is 60.7 Å². The lowest BCUT2D eigenvalue weighted by atomic mass is 10.2. The van der Waals surface area contributed by atoms with Gasteiger partial charge in [0.05, 0.1) is 10.8 Å². The standard InChI is InChI=1S/C28H26OS3/c1-21-7-3-5-9-27(21)30-19-23-11-15-25(16-12-23)32(29)26-17-13-24(14-18-26)20-31-28-10-6-4-8-22(28)2/h3-18H,19-20H2,1-2H3. The molecule has 4 aromatic rings. The fraction of sp³-hybridized carbons (Fsp3) is 0.143. The van der Waals surface area contributed by atoms with Crippen molar-refractivity contribution in [2.24, 2.45) is 0 Å². The molecule has 32 heavy (non-hydrogen) atoms. The van der Waals surface area contributed by atoms with Gasteiger partial charge in [0.25, 0.3) is 0 Å². The molecule has 162 valence electrons. The number of aryl methyl sites for hydroxylation is 2. The van der Waals surface area contributed by atoms with Gasteiger partial charge in [0.15, 0.2) is 0 Å². The van der Waals surface area contributed by atoms with Crippen LogP contribution in [-0.2, 0) is 22.3 Å². The molecule has 0 aliphatic carbocycles. The Morgan fingerprint density at radius 1 is 0.562 bits per heavy atom. The van der Waals surface area contributed by atoms with Gasteiger partial charge in [-0.2, -0.15) is 0 Å². The van der Waals surface area contributed by atoms with Crippen LogP contribution < -0.4 is 0 Å². The van der Waals surface area contributed by atoms with Crippen LogP contribution in [0.5, 0.6) is 0 Å². The number of rotatable bonds is 8. The third-order valence-electron chi connectivity index (χ3n) is 5.25. The summed E-state index contributed by atoms with van der Waals surface area (Å²) >= 11 is 3.68. The van der Waals surface area contributed by atoms with Crippen molar-refractivity contribution in [2.45, 2.75) is 44.9 Å². The van der Waals surface area contributed by atoms with E-state index >= 15 is 0 Å². The molecule has 0 N–H and O–H groups in total. The molecule has 0 unspecified atom stereocenters. The van der Waals surface area contributed by atoms with Gasteiger partial charge in [0.1, 0.15) is 0 Å². The van der Waals surface area contributed by atoms with E-state index < -0.39 is 10.8 Å². The smallest absolute Gasteiger partial charge is 0.0849 e. The minimum absolute atomic E-state index is 0.844. The average Bonchev–Trinajstić information content (AvgIpc) is 2.83. The highest BCUT2D eigenvalue weighted by Crippen LogP contribution is 2.28. The molecule has 0 spiro atoms. The van der Waals surface area contributed by atoms with Crippen molar-refractivity contribution >= 4 is 34.3 Å². The average molecular weight is 475 g/mol. The first-order valence-electron chi connectivity index (χ1n) is 10.6. The molecule has 0 aliphatic heterocycles. The molecule has 0 aliphatic rings. The van der Waals surface area contributed by atoms with Crippen molar-refractivity contribution in [3.05, 3.63) is 119 Å². The molecule has 0 radical (unpaired) electrons. The zero-order valence-corrected chi connectivity index (χ0v) is 20.7. The Labute approximate surface area is 202 Å². The summed E-state index contributed by atoms with van der Waals surface area (Å²) in [5.41, 5.74) is 5.08. The Kier molecular flexibility index (Phi) is 7.90. The molecule has 0 atom stereocenters. The second-order valence-corrected chi connectivity index (χ2v) is 11.2. The van der Waals surface area contributed by atoms with Gasteiger partial charge in [-0.15, -0.1) is 23.5 Å². The highest BCUT2D eigenvalue weighted by Gasteiger charge is 2.08. The van der Waals surface area contributed by atoms with E-state index in [1.54, 1.807) is 0 Å². The summed E-state index contributed by atoms with van der Waals surface area (Å²) in [6.45, 7) is 4.28. The van der Waals surface area contributed by atoms with Gasteiger partial charge in [-0.05, 0) is 72.5 Å². The van der Waals surface area contributed by atoms with Gasteiger partial charge in [-0.3, -0.25) is 0 Å². The van der Waals surface area contributed by atoms with E-state index in [1.807, 2.05) is 47.8 Å². The SMILES string of the molecule is Cc1ccccc1SCc1ccc(S(=O)c2ccc(CSc3ccccc3C)cc2)cc1. The van der Waals surface area contributed by atoms with Gasteiger partial charge < -0.3 is 0 Å². The van der Waals surface area contributed by atoms with E-state index in [2.05, 4.69) is 86.6 Å². The quantitative estimate of drug-likeness (QED) is 0.240. The van der Waals surface area contributed by atoms with E-state index in [9.17, 15) is 4.21 Å². The second kappa shape index (κ2) is 11.0. The normalized spacial score (nSPS) is 11.1. The fourth-order valence-corrected chi connectivity index (χ4v) is 6.32. The van der Waals surface area contributed by atoms with Crippen LogP contribution in [0.3, 0.4) is 0 Å². The third kappa shape index (κ3) is 5.94. The largest absolute Gasteiger partial charge is 0.249 e. The van der Waals surface area contributed by atoms with Crippen molar-refractivity contribution in [3.8, 4) is 0 Å². The minimum Gasteiger partial charge on any atom is -0.249 e. The monoisotopic (exact) mass is 474 g/mol. The lowest BCUT2D eigenvalue weighted by Gasteiger charge is -2.08. The molecule has 0 saturated carbocycles. The molecule has 4 rings (SSSR count). The van der Waals surface area contributed by atoms with Crippen LogP contribution in [0.2, 0.25) is 0 Å². The molecule has 0 aromatic heterocycles. The van der Waals surface area contributed by atoms with Crippen molar-refractivity contribution in [3.63, 3.8) is 0 Å². The number of hydrogen-bond acceptors (Lipinski definition) is 3. The van der Waals surface area contributed by atoms with Crippen LogP contribution in [0.15, 0.2) is 117 Å². The summed E-state index contributed by atoms with van der Waals surface area (Å²) in [6.07, 6.45) is 0. The molecule has 4 heteroatoms. The highest BCUT2D eigenvalue weighted by molar-refractivity contribution is 7.98. The van der Waals surface area contributed by atoms with Crippen LogP contribution in [0.25, 0.3) is 0 Å². The Morgan fingerprint density at radius 2 is 0.938 bits per heavy atom. The van der Waals surface area contributed by atoms with Gasteiger partial charge in [0.2, 0.25) is 0 Å². The molecule has 0 heterocycles. The lowest BCUT2D eigenvalue weighted by molar-refractivity contribution is 0.683. The second-order valence-electron chi connectivity index (χ2n) is 7.66. The molecule has 0 fully saturated rings. The van der Waals surface area contributed by atoms with Crippen LogP contribution >= 0.6 is 23.5 Å². The van der Waals surface area contributed by atoms with Crippen molar-refractivity contribution in [2.75, 3.05) is 0 Å². The van der Waals surface area contributed by atoms with Gasteiger partial charge in [0, 0.05) is 31.1 Å². The van der Waals surface area contributed by atoms with E-state index in [4.69, 9.17) is 0 Å². The van der Waals surface area contributed by atoms with Crippen molar-refractivity contribution < 1.29 is 4.21 Å². The zero-order valence-electron chi connectivity index (χ0n) is 18.3. The number of thioether (sulfide) groups is 2.